The molecule has 3 rings (SSSR count). The molecule has 0 fully saturated rings. The highest BCUT2D eigenvalue weighted by Crippen LogP contribution is 2.19. The van der Waals surface area contributed by atoms with E-state index < -0.39 is 0 Å². The molecule has 0 saturated carbocycles. The zero-order chi connectivity index (χ0) is 16.1. The van der Waals surface area contributed by atoms with E-state index in [9.17, 15) is 4.39 Å². The van der Waals surface area contributed by atoms with Gasteiger partial charge in [-0.25, -0.2) is 4.39 Å². The fraction of sp³-hybridized carbons (Fsp3) is 0.389. The maximum Gasteiger partial charge on any atom is 0.191 e. The molecular formula is C18H23FN4. The molecule has 1 aromatic carbocycles. The fourth-order valence-corrected chi connectivity index (χ4v) is 2.90. The van der Waals surface area contributed by atoms with Crippen LogP contribution >= 0.6 is 0 Å². The summed E-state index contributed by atoms with van der Waals surface area (Å²) in [6, 6.07) is 5.31. The van der Waals surface area contributed by atoms with Crippen LogP contribution in [0.2, 0.25) is 0 Å². The molecule has 0 spiro atoms. The van der Waals surface area contributed by atoms with Crippen molar-refractivity contribution in [2.24, 2.45) is 4.99 Å². The molecule has 0 atom stereocenters. The summed E-state index contributed by atoms with van der Waals surface area (Å²) in [4.78, 5) is 7.78. The number of halogens is 1. The molecule has 0 bridgehead atoms. The van der Waals surface area contributed by atoms with Gasteiger partial charge in [0.2, 0.25) is 0 Å². The van der Waals surface area contributed by atoms with Gasteiger partial charge in [0.1, 0.15) is 5.82 Å². The second-order valence-corrected chi connectivity index (χ2v) is 5.80. The SMILES string of the molecule is CCNC(=NCCc1c[nH]c2cc(F)ccc12)NC1CC=CC1. The number of aromatic nitrogens is 1. The Morgan fingerprint density at radius 1 is 1.35 bits per heavy atom. The first kappa shape index (κ1) is 15.6. The molecule has 0 radical (unpaired) electrons. The highest BCUT2D eigenvalue weighted by Gasteiger charge is 2.11. The van der Waals surface area contributed by atoms with Crippen molar-refractivity contribution >= 4 is 16.9 Å². The third-order valence-electron chi connectivity index (χ3n) is 4.07. The summed E-state index contributed by atoms with van der Waals surface area (Å²) in [7, 11) is 0. The molecule has 2 aromatic rings. The minimum absolute atomic E-state index is 0.215. The Balaban J connectivity index is 1.62. The molecule has 3 N–H and O–H groups in total. The van der Waals surface area contributed by atoms with Crippen molar-refractivity contribution in [2.75, 3.05) is 13.1 Å². The van der Waals surface area contributed by atoms with Gasteiger partial charge in [0, 0.05) is 36.2 Å². The summed E-state index contributed by atoms with van der Waals surface area (Å²) in [6.07, 6.45) is 9.28. The quantitative estimate of drug-likeness (QED) is 0.451. The second kappa shape index (κ2) is 7.31. The minimum atomic E-state index is -0.215. The van der Waals surface area contributed by atoms with Gasteiger partial charge in [-0.15, -0.1) is 0 Å². The molecule has 5 heteroatoms. The van der Waals surface area contributed by atoms with Crippen LogP contribution in [0.1, 0.15) is 25.3 Å². The van der Waals surface area contributed by atoms with Crippen LogP contribution in [-0.4, -0.2) is 30.1 Å². The van der Waals surface area contributed by atoms with E-state index in [1.54, 1.807) is 0 Å². The smallest absolute Gasteiger partial charge is 0.191 e. The van der Waals surface area contributed by atoms with Crippen LogP contribution in [0.4, 0.5) is 4.39 Å². The first-order valence-corrected chi connectivity index (χ1v) is 8.21. The number of hydrogen-bond donors (Lipinski definition) is 3. The summed E-state index contributed by atoms with van der Waals surface area (Å²) in [6.45, 7) is 3.61. The van der Waals surface area contributed by atoms with E-state index in [-0.39, 0.29) is 5.82 Å². The zero-order valence-electron chi connectivity index (χ0n) is 13.4. The molecule has 0 saturated heterocycles. The van der Waals surface area contributed by atoms with Gasteiger partial charge < -0.3 is 15.6 Å². The monoisotopic (exact) mass is 314 g/mol. The molecule has 0 unspecified atom stereocenters. The Labute approximate surface area is 135 Å². The summed E-state index contributed by atoms with van der Waals surface area (Å²) in [5.74, 6) is 0.653. The molecular weight excluding hydrogens is 291 g/mol. The van der Waals surface area contributed by atoms with Crippen LogP contribution in [0.3, 0.4) is 0 Å². The van der Waals surface area contributed by atoms with E-state index in [1.807, 2.05) is 12.3 Å². The van der Waals surface area contributed by atoms with Crippen LogP contribution in [0.15, 0.2) is 41.5 Å². The van der Waals surface area contributed by atoms with Gasteiger partial charge in [-0.2, -0.15) is 0 Å². The number of nitrogens with one attached hydrogen (secondary N) is 3. The number of aromatic amines is 1. The van der Waals surface area contributed by atoms with Crippen molar-refractivity contribution in [1.29, 1.82) is 0 Å². The minimum Gasteiger partial charge on any atom is -0.361 e. The number of hydrogen-bond acceptors (Lipinski definition) is 1. The topological polar surface area (TPSA) is 52.2 Å². The third-order valence-corrected chi connectivity index (χ3v) is 4.07. The largest absolute Gasteiger partial charge is 0.361 e. The predicted molar refractivity (Wildman–Crippen MR) is 93.2 cm³/mol. The van der Waals surface area contributed by atoms with Crippen molar-refractivity contribution in [1.82, 2.24) is 15.6 Å². The maximum absolute atomic E-state index is 13.2. The normalized spacial score (nSPS) is 15.5. The van der Waals surface area contributed by atoms with E-state index in [0.29, 0.717) is 12.6 Å². The molecule has 0 amide bonds. The predicted octanol–water partition coefficient (Wildman–Crippen LogP) is 3.12. The second-order valence-electron chi connectivity index (χ2n) is 5.80. The lowest BCUT2D eigenvalue weighted by Crippen LogP contribution is -2.42. The number of nitrogens with zero attached hydrogens (tertiary/aromatic N) is 1. The zero-order valence-corrected chi connectivity index (χ0v) is 13.4. The van der Waals surface area contributed by atoms with E-state index in [4.69, 9.17) is 0 Å². The molecule has 4 nitrogen and oxygen atoms in total. The number of guanidine groups is 1. The van der Waals surface area contributed by atoms with Gasteiger partial charge in [-0.3, -0.25) is 4.99 Å². The van der Waals surface area contributed by atoms with E-state index >= 15 is 0 Å². The standard InChI is InChI=1S/C18H23FN4/c1-2-20-18(23-15-5-3-4-6-15)21-10-9-13-12-22-17-11-14(19)7-8-16(13)17/h3-4,7-8,11-12,15,22H,2,5-6,9-10H2,1H3,(H2,20,21,23). The molecule has 1 heterocycles. The van der Waals surface area contributed by atoms with Crippen LogP contribution in [0, 0.1) is 5.82 Å². The summed E-state index contributed by atoms with van der Waals surface area (Å²) < 4.78 is 13.2. The van der Waals surface area contributed by atoms with E-state index in [2.05, 4.69) is 39.7 Å². The fourth-order valence-electron chi connectivity index (χ4n) is 2.90. The summed E-state index contributed by atoms with van der Waals surface area (Å²) >= 11 is 0. The highest BCUT2D eigenvalue weighted by molar-refractivity contribution is 5.83. The molecule has 1 aliphatic rings. The highest BCUT2D eigenvalue weighted by atomic mass is 19.1. The first-order chi connectivity index (χ1) is 11.3. The first-order valence-electron chi connectivity index (χ1n) is 8.21. The summed E-state index contributed by atoms with van der Waals surface area (Å²) in [5.41, 5.74) is 2.01. The van der Waals surface area contributed by atoms with Gasteiger partial charge in [-0.05, 0) is 49.9 Å². The number of rotatable bonds is 5. The molecule has 1 aromatic heterocycles. The van der Waals surface area contributed by atoms with Crippen LogP contribution in [0.25, 0.3) is 10.9 Å². The maximum atomic E-state index is 13.2. The van der Waals surface area contributed by atoms with Gasteiger partial charge in [0.05, 0.1) is 0 Å². The number of aliphatic imine (C=N–C) groups is 1. The molecule has 0 aliphatic heterocycles. The van der Waals surface area contributed by atoms with Gasteiger partial charge in [0.15, 0.2) is 5.96 Å². The Hall–Kier alpha value is -2.30. The summed E-state index contributed by atoms with van der Waals surface area (Å²) in [5, 5.41) is 7.82. The Morgan fingerprint density at radius 2 is 2.17 bits per heavy atom. The average molecular weight is 314 g/mol. The van der Waals surface area contributed by atoms with E-state index in [1.165, 1.54) is 17.7 Å². The van der Waals surface area contributed by atoms with Crippen molar-refractivity contribution in [2.45, 2.75) is 32.2 Å². The molecule has 1 aliphatic carbocycles. The Bertz CT molecular complexity index is 709. The molecule has 23 heavy (non-hydrogen) atoms. The lowest BCUT2D eigenvalue weighted by atomic mass is 10.1. The number of benzene rings is 1. The molecule has 122 valence electrons. The van der Waals surface area contributed by atoms with Crippen LogP contribution in [-0.2, 0) is 6.42 Å². The van der Waals surface area contributed by atoms with Crippen LogP contribution in [0.5, 0.6) is 0 Å². The van der Waals surface area contributed by atoms with Crippen molar-refractivity contribution in [3.63, 3.8) is 0 Å². The van der Waals surface area contributed by atoms with Gasteiger partial charge in [0.25, 0.3) is 0 Å². The number of fused-ring (bicyclic) bond motifs is 1. The lowest BCUT2D eigenvalue weighted by molar-refractivity contribution is 0.629. The van der Waals surface area contributed by atoms with Gasteiger partial charge >= 0.3 is 0 Å². The van der Waals surface area contributed by atoms with E-state index in [0.717, 1.165) is 42.7 Å². The average Bonchev–Trinajstić information content (AvgIpc) is 3.17. The van der Waals surface area contributed by atoms with Crippen molar-refractivity contribution in [3.05, 3.63) is 47.9 Å². The Morgan fingerprint density at radius 3 is 2.96 bits per heavy atom. The van der Waals surface area contributed by atoms with Crippen LogP contribution < -0.4 is 10.6 Å². The lowest BCUT2D eigenvalue weighted by Gasteiger charge is -2.16. The Kier molecular flexibility index (Phi) is 4.95. The van der Waals surface area contributed by atoms with Gasteiger partial charge in [-0.1, -0.05) is 12.2 Å². The third kappa shape index (κ3) is 3.92. The number of H-pyrrole nitrogens is 1. The van der Waals surface area contributed by atoms with Crippen molar-refractivity contribution in [3.8, 4) is 0 Å². The van der Waals surface area contributed by atoms with Crippen molar-refractivity contribution < 1.29 is 4.39 Å².